The molecule has 1 N–H and O–H groups in total. The molecule has 21 atom stereocenters. The van der Waals surface area contributed by atoms with Gasteiger partial charge in [-0.25, -0.2) is 0 Å². The van der Waals surface area contributed by atoms with Crippen LogP contribution in [-0.2, 0) is 132 Å². The lowest BCUT2D eigenvalue weighted by atomic mass is 9.87. The van der Waals surface area contributed by atoms with Crippen LogP contribution in [0.25, 0.3) is 0 Å². The second-order valence-electron chi connectivity index (χ2n) is 27.3. The lowest BCUT2D eigenvalue weighted by Gasteiger charge is -2.52. The summed E-state index contributed by atoms with van der Waals surface area (Å²) in [6.45, 7) is 9.15. The first-order chi connectivity index (χ1) is 51.0. The lowest BCUT2D eigenvalue weighted by molar-refractivity contribution is -0.409. The smallest absolute Gasteiger partial charge is 0.303 e. The third kappa shape index (κ3) is 20.0. The van der Waals surface area contributed by atoms with Crippen LogP contribution in [0.15, 0.2) is 243 Å². The Balaban J connectivity index is 0.852. The third-order valence-electron chi connectivity index (χ3n) is 19.8. The van der Waals surface area contributed by atoms with E-state index in [-0.39, 0.29) is 71.5 Å². The van der Waals surface area contributed by atoms with Gasteiger partial charge in [-0.2, -0.15) is 0 Å². The molecule has 8 aromatic carbocycles. The minimum absolute atomic E-state index is 0.0145. The van der Waals surface area contributed by atoms with Crippen molar-refractivity contribution >= 4 is 5.97 Å². The molecule has 5 saturated heterocycles. The third-order valence-corrected chi connectivity index (χ3v) is 19.8. The molecular formula is C85H96O19. The monoisotopic (exact) mass is 1420 g/mol. The Labute approximate surface area is 609 Å². The van der Waals surface area contributed by atoms with Crippen LogP contribution in [0, 0.1) is 11.8 Å². The fourth-order valence-corrected chi connectivity index (χ4v) is 14.1. The van der Waals surface area contributed by atoms with E-state index in [4.69, 9.17) is 80.5 Å². The zero-order chi connectivity index (χ0) is 71.4. The van der Waals surface area contributed by atoms with Gasteiger partial charge in [-0.15, -0.1) is 0 Å². The van der Waals surface area contributed by atoms with E-state index in [1.165, 1.54) is 6.92 Å². The summed E-state index contributed by atoms with van der Waals surface area (Å²) in [5, 5.41) is 13.6. The normalized spacial score (nSPS) is 30.6. The highest BCUT2D eigenvalue weighted by atomic mass is 16.8. The molecule has 550 valence electrons. The quantitative estimate of drug-likeness (QED) is 0.0391. The van der Waals surface area contributed by atoms with E-state index in [1.54, 1.807) is 0 Å². The van der Waals surface area contributed by atoms with Crippen molar-refractivity contribution in [2.24, 2.45) is 11.8 Å². The highest BCUT2D eigenvalue weighted by Gasteiger charge is 2.58. The predicted molar refractivity (Wildman–Crippen MR) is 383 cm³/mol. The van der Waals surface area contributed by atoms with Crippen LogP contribution in [0.5, 0.6) is 0 Å². The number of aliphatic hydroxyl groups excluding tert-OH is 1. The minimum Gasteiger partial charge on any atom is -0.454 e. The molecule has 0 aromatic heterocycles. The average Bonchev–Trinajstić information content (AvgIpc) is 0.773. The molecule has 5 fully saturated rings. The zero-order valence-electron chi connectivity index (χ0n) is 59.3. The van der Waals surface area contributed by atoms with Crippen LogP contribution in [0.1, 0.15) is 78.5 Å². The Kier molecular flexibility index (Phi) is 27.1. The number of carbonyl (C=O) groups is 1. The van der Waals surface area contributed by atoms with Crippen LogP contribution in [0.4, 0.5) is 0 Å². The summed E-state index contributed by atoms with van der Waals surface area (Å²) in [6, 6.07) is 78.6. The molecule has 0 aliphatic carbocycles. The van der Waals surface area contributed by atoms with Crippen LogP contribution in [-0.4, -0.2) is 148 Å². The topological polar surface area (TPSA) is 194 Å². The standard InChI is InChI=1S/C85H96O19/c1-56-58(3)96-69(53-89-46-61-31-15-6-16-32-61)76(73(56)91-48-63-35-19-8-20-36-63)101-82-57(2)74(92-49-64-37-21-9-22-38-64)77(70(98-82)54-90-47-62-33-17-7-18-34-62)103-84-72(87)79(78-71(99-84)55-95-83(102-78)67-43-27-12-28-44-67)104-85-81(97-59(4)86)80(94-51-66-41-25-11-26-42-66)75(93-50-65-39-23-10-24-40-65)68(100-85)52-88-45-60-29-13-5-14-30-60/h5-44,56-58,68-85,87H,45-55H2,1-4H3. The van der Waals surface area contributed by atoms with Crippen molar-refractivity contribution in [2.75, 3.05) is 26.4 Å². The van der Waals surface area contributed by atoms with Gasteiger partial charge in [-0.1, -0.05) is 257 Å². The van der Waals surface area contributed by atoms with Gasteiger partial charge in [0.05, 0.1) is 91.0 Å². The van der Waals surface area contributed by atoms with Gasteiger partial charge in [0.15, 0.2) is 31.3 Å². The van der Waals surface area contributed by atoms with Gasteiger partial charge >= 0.3 is 5.97 Å². The molecule has 5 aliphatic rings. The highest BCUT2D eigenvalue weighted by molar-refractivity contribution is 5.66. The van der Waals surface area contributed by atoms with Gasteiger partial charge in [0.1, 0.15) is 67.1 Å². The number of rotatable bonds is 32. The number of ether oxygens (including phenoxy) is 17. The van der Waals surface area contributed by atoms with E-state index in [2.05, 4.69) is 13.8 Å². The highest BCUT2D eigenvalue weighted by Crippen LogP contribution is 2.43. The molecule has 0 bridgehead atoms. The number of aliphatic hydroxyl groups is 1. The Morgan fingerprint density at radius 3 is 1.16 bits per heavy atom. The maximum Gasteiger partial charge on any atom is 0.303 e. The molecule has 5 aliphatic heterocycles. The van der Waals surface area contributed by atoms with E-state index >= 15 is 0 Å². The second-order valence-corrected chi connectivity index (χ2v) is 27.3. The Bertz CT molecular complexity index is 3760. The van der Waals surface area contributed by atoms with Gasteiger partial charge in [0, 0.05) is 24.3 Å². The Morgan fingerprint density at radius 2 is 0.721 bits per heavy atom. The first-order valence-electron chi connectivity index (χ1n) is 36.3. The fourth-order valence-electron chi connectivity index (χ4n) is 14.1. The molecule has 0 spiro atoms. The summed E-state index contributed by atoms with van der Waals surface area (Å²) in [7, 11) is 0. The Hall–Kier alpha value is -7.45. The van der Waals surface area contributed by atoms with E-state index in [0.29, 0.717) is 13.2 Å². The molecule has 104 heavy (non-hydrogen) atoms. The van der Waals surface area contributed by atoms with Crippen molar-refractivity contribution in [3.05, 3.63) is 287 Å². The molecular weight excluding hydrogens is 1320 g/mol. The summed E-state index contributed by atoms with van der Waals surface area (Å²) >= 11 is 0. The largest absolute Gasteiger partial charge is 0.454 e. The molecule has 8 aromatic rings. The van der Waals surface area contributed by atoms with Crippen molar-refractivity contribution in [2.45, 2.75) is 191 Å². The summed E-state index contributed by atoms with van der Waals surface area (Å²) in [6.07, 6.45) is -19.1. The number of hydrogen-bond donors (Lipinski definition) is 1. The van der Waals surface area contributed by atoms with Crippen molar-refractivity contribution in [1.29, 1.82) is 0 Å². The number of benzene rings is 8. The second kappa shape index (κ2) is 37.7. The molecule has 0 radical (unpaired) electrons. The van der Waals surface area contributed by atoms with Gasteiger partial charge in [-0.3, -0.25) is 4.79 Å². The van der Waals surface area contributed by atoms with Gasteiger partial charge in [0.2, 0.25) is 0 Å². The van der Waals surface area contributed by atoms with Crippen LogP contribution in [0.3, 0.4) is 0 Å². The van der Waals surface area contributed by atoms with Crippen LogP contribution < -0.4 is 0 Å². The number of hydrogen-bond acceptors (Lipinski definition) is 19. The Morgan fingerprint density at radius 1 is 0.365 bits per heavy atom. The van der Waals surface area contributed by atoms with E-state index < -0.39 is 123 Å². The first-order valence-corrected chi connectivity index (χ1v) is 36.3. The van der Waals surface area contributed by atoms with Crippen molar-refractivity contribution in [3.63, 3.8) is 0 Å². The number of carbonyl (C=O) groups excluding carboxylic acids is 1. The van der Waals surface area contributed by atoms with Gasteiger partial charge < -0.3 is 85.6 Å². The van der Waals surface area contributed by atoms with Crippen LogP contribution in [0.2, 0.25) is 0 Å². The molecule has 19 heteroatoms. The van der Waals surface area contributed by atoms with E-state index in [0.717, 1.165) is 44.5 Å². The SMILES string of the molecule is CC(=O)OC1C(OC2C(O)C(OC3C(COCc4ccccc4)OC(OC4C(COCc5ccccc5)OC(C)C(C)C4OCc4ccccc4)C(C)C3OCc3ccccc3)OC3COC(c4ccccc4)OC32)OC(COCc2ccccc2)C(OCc2ccccc2)C1OCc1ccccc1. The van der Waals surface area contributed by atoms with E-state index in [9.17, 15) is 9.90 Å². The summed E-state index contributed by atoms with van der Waals surface area (Å²) in [5.74, 6) is -1.38. The van der Waals surface area contributed by atoms with Gasteiger partial charge in [0.25, 0.3) is 0 Å². The minimum atomic E-state index is -1.68. The fraction of sp³-hybridized carbons (Fsp3) is 0.424. The van der Waals surface area contributed by atoms with E-state index in [1.807, 2.05) is 250 Å². The lowest BCUT2D eigenvalue weighted by Crippen LogP contribution is -2.68. The zero-order valence-corrected chi connectivity index (χ0v) is 59.3. The van der Waals surface area contributed by atoms with Crippen molar-refractivity contribution in [3.8, 4) is 0 Å². The summed E-state index contributed by atoms with van der Waals surface area (Å²) in [5.41, 5.74) is 7.27. The predicted octanol–water partition coefficient (Wildman–Crippen LogP) is 12.8. The molecule has 19 nitrogen and oxygen atoms in total. The summed E-state index contributed by atoms with van der Waals surface area (Å²) in [4.78, 5) is 13.7. The first kappa shape index (κ1) is 74.8. The average molecular weight is 1420 g/mol. The maximum atomic E-state index is 13.7. The molecule has 0 saturated carbocycles. The number of esters is 1. The number of fused-ring (bicyclic) bond motifs is 1. The van der Waals surface area contributed by atoms with Gasteiger partial charge in [-0.05, 0) is 45.9 Å². The molecule has 5 heterocycles. The maximum absolute atomic E-state index is 13.7. The molecule has 21 unspecified atom stereocenters. The molecule has 0 amide bonds. The van der Waals surface area contributed by atoms with Crippen LogP contribution >= 0.6 is 0 Å². The summed E-state index contributed by atoms with van der Waals surface area (Å²) < 4.78 is 118. The van der Waals surface area contributed by atoms with Crippen molar-refractivity contribution in [1.82, 2.24) is 0 Å². The van der Waals surface area contributed by atoms with Crippen molar-refractivity contribution < 1.29 is 90.4 Å². The molecule has 13 rings (SSSR count).